The van der Waals surface area contributed by atoms with E-state index in [-0.39, 0.29) is 53.4 Å². The van der Waals surface area contributed by atoms with Crippen LogP contribution in [0.3, 0.4) is 0 Å². The fourth-order valence-corrected chi connectivity index (χ4v) is 7.80. The van der Waals surface area contributed by atoms with Crippen molar-refractivity contribution in [1.29, 1.82) is 0 Å². The predicted molar refractivity (Wildman–Crippen MR) is 228 cm³/mol. The minimum absolute atomic E-state index is 0.0212. The number of hydrogen-bond donors (Lipinski definition) is 5. The molecule has 3 saturated heterocycles. The van der Waals surface area contributed by atoms with E-state index < -0.39 is 35.2 Å². The van der Waals surface area contributed by atoms with Gasteiger partial charge in [0.25, 0.3) is 11.8 Å². The molecule has 1 unspecified atom stereocenters. The number of piperidine rings is 2. The highest BCUT2D eigenvalue weighted by Crippen LogP contribution is 2.29. The summed E-state index contributed by atoms with van der Waals surface area (Å²) < 4.78 is 43.7. The normalized spacial score (nSPS) is 17.5. The van der Waals surface area contributed by atoms with Gasteiger partial charge in [0.1, 0.15) is 23.1 Å². The van der Waals surface area contributed by atoms with Crippen LogP contribution in [0.2, 0.25) is 0 Å². The van der Waals surface area contributed by atoms with Gasteiger partial charge in [0.15, 0.2) is 11.6 Å². The number of piperazine rings is 1. The van der Waals surface area contributed by atoms with E-state index in [1.807, 2.05) is 5.01 Å². The van der Waals surface area contributed by atoms with Gasteiger partial charge < -0.3 is 20.9 Å². The third kappa shape index (κ3) is 10.7. The average molecular weight is 863 g/mol. The number of anilines is 6. The second kappa shape index (κ2) is 19.4. The lowest BCUT2D eigenvalue weighted by Crippen LogP contribution is -2.48. The summed E-state index contributed by atoms with van der Waals surface area (Å²) in [6, 6.07) is 16.8. The Morgan fingerprint density at radius 1 is 0.746 bits per heavy atom. The molecule has 1 atom stereocenters. The van der Waals surface area contributed by atoms with Gasteiger partial charge in [-0.1, -0.05) is 12.1 Å². The Hall–Kier alpha value is -6.99. The number of rotatable bonds is 13. The number of hydrazine groups is 1. The summed E-state index contributed by atoms with van der Waals surface area (Å²) in [5.41, 5.74) is 4.67. The van der Waals surface area contributed by atoms with E-state index in [1.54, 1.807) is 30.3 Å². The highest BCUT2D eigenvalue weighted by atomic mass is 19.1. The van der Waals surface area contributed by atoms with E-state index in [2.05, 4.69) is 56.4 Å². The van der Waals surface area contributed by atoms with Crippen molar-refractivity contribution in [3.63, 3.8) is 0 Å². The van der Waals surface area contributed by atoms with E-state index in [0.29, 0.717) is 41.8 Å². The molecule has 6 heterocycles. The number of pyridine rings is 2. The minimum Gasteiger partial charge on any atom is -0.354 e. The molecule has 3 aliphatic heterocycles. The van der Waals surface area contributed by atoms with E-state index in [9.17, 15) is 28.0 Å². The molecule has 16 nitrogen and oxygen atoms in total. The first kappa shape index (κ1) is 42.7. The van der Waals surface area contributed by atoms with Crippen molar-refractivity contribution in [1.82, 2.24) is 40.6 Å². The standard InChI is InChI=1S/C44H45F3N12O4/c45-33-3-1-2-4-36(33)53-43(63)37-11-9-30(24-48-37)51-40-35(47)26-50-44(55-40)52-29-7-5-28(6-8-29)41(61)56-59-17-14-27(15-18-59)13-16-57-19-21-58(22-20-57)38-23-34(46)32(25-49-38)31-10-12-39(60)54-42(31)62/h1-9,11,23-27,31H,10,12-22H2,(H,53,63)(H,56,61)(H,54,60,62)(H2,50,51,52,55). The molecule has 0 bridgehead atoms. The molecule has 2 aromatic carbocycles. The number of halogens is 3. The second-order valence-electron chi connectivity index (χ2n) is 15.6. The predicted octanol–water partition coefficient (Wildman–Crippen LogP) is 5.51. The Morgan fingerprint density at radius 3 is 2.22 bits per heavy atom. The molecule has 0 aliphatic carbocycles. The highest BCUT2D eigenvalue weighted by Gasteiger charge is 2.31. The zero-order chi connectivity index (χ0) is 43.9. The first-order chi connectivity index (χ1) is 30.5. The lowest BCUT2D eigenvalue weighted by Gasteiger charge is -2.37. The molecule has 3 fully saturated rings. The van der Waals surface area contributed by atoms with E-state index in [0.717, 1.165) is 58.2 Å². The van der Waals surface area contributed by atoms with Crippen LogP contribution in [0, 0.1) is 23.4 Å². The maximum atomic E-state index is 15.1. The van der Waals surface area contributed by atoms with Crippen LogP contribution in [-0.2, 0) is 9.59 Å². The number of benzene rings is 2. The van der Waals surface area contributed by atoms with Crippen LogP contribution >= 0.6 is 0 Å². The van der Waals surface area contributed by atoms with Crippen molar-refractivity contribution in [2.75, 3.05) is 66.7 Å². The second-order valence-corrected chi connectivity index (χ2v) is 15.6. The summed E-state index contributed by atoms with van der Waals surface area (Å²) in [7, 11) is 0. The van der Waals surface area contributed by atoms with Gasteiger partial charge in [-0.2, -0.15) is 4.98 Å². The summed E-state index contributed by atoms with van der Waals surface area (Å²) in [4.78, 5) is 70.6. The van der Waals surface area contributed by atoms with Crippen molar-refractivity contribution in [3.8, 4) is 0 Å². The maximum absolute atomic E-state index is 15.1. The first-order valence-electron chi connectivity index (χ1n) is 20.8. The smallest absolute Gasteiger partial charge is 0.274 e. The summed E-state index contributed by atoms with van der Waals surface area (Å²) in [5.74, 6) is -3.12. The van der Waals surface area contributed by atoms with Crippen LogP contribution in [0.15, 0.2) is 85.3 Å². The topological polar surface area (TPSA) is 190 Å². The van der Waals surface area contributed by atoms with Crippen molar-refractivity contribution >= 4 is 58.3 Å². The number of para-hydroxylation sites is 1. The van der Waals surface area contributed by atoms with Crippen LogP contribution in [0.5, 0.6) is 0 Å². The molecule has 0 saturated carbocycles. The molecular weight excluding hydrogens is 818 g/mol. The van der Waals surface area contributed by atoms with Crippen molar-refractivity contribution in [2.24, 2.45) is 5.92 Å². The third-order valence-electron chi connectivity index (χ3n) is 11.4. The number of carbonyl (C=O) groups is 4. The van der Waals surface area contributed by atoms with E-state index in [1.165, 1.54) is 48.8 Å². The lowest BCUT2D eigenvalue weighted by atomic mass is 9.91. The zero-order valence-electron chi connectivity index (χ0n) is 34.1. The fraction of sp³-hybridized carbons (Fsp3) is 0.318. The summed E-state index contributed by atoms with van der Waals surface area (Å²) in [6.07, 6.45) is 7.16. The van der Waals surface area contributed by atoms with Gasteiger partial charge in [-0.15, -0.1) is 0 Å². The third-order valence-corrected chi connectivity index (χ3v) is 11.4. The SMILES string of the molecule is O=C1CCC(c2cnc(N3CCN(CCC4CCN(NC(=O)c5ccc(Nc6ncc(F)c(Nc7ccc(C(=O)Nc8ccccc8F)nc7)n6)cc5)CC4)CC3)cc2F)C(=O)N1. The number of carbonyl (C=O) groups excluding carboxylic acids is 4. The molecule has 0 radical (unpaired) electrons. The summed E-state index contributed by atoms with van der Waals surface area (Å²) in [6.45, 7) is 5.51. The van der Waals surface area contributed by atoms with E-state index >= 15 is 4.39 Å². The molecule has 3 aliphatic rings. The number of nitrogens with zero attached hydrogens (tertiary/aromatic N) is 7. The van der Waals surface area contributed by atoms with Gasteiger partial charge in [0.2, 0.25) is 17.8 Å². The molecule has 5 N–H and O–H groups in total. The Morgan fingerprint density at radius 2 is 1.51 bits per heavy atom. The number of amides is 4. The van der Waals surface area contributed by atoms with Gasteiger partial charge in [0.05, 0.1) is 29.7 Å². The van der Waals surface area contributed by atoms with Crippen LogP contribution in [0.4, 0.5) is 47.8 Å². The highest BCUT2D eigenvalue weighted by molar-refractivity contribution is 6.03. The van der Waals surface area contributed by atoms with Gasteiger partial charge in [-0.25, -0.2) is 33.1 Å². The van der Waals surface area contributed by atoms with Crippen LogP contribution in [0.25, 0.3) is 0 Å². The molecule has 63 heavy (non-hydrogen) atoms. The Balaban J connectivity index is 0.743. The molecule has 326 valence electrons. The van der Waals surface area contributed by atoms with Crippen LogP contribution in [-0.4, -0.2) is 99.3 Å². The van der Waals surface area contributed by atoms with Crippen molar-refractivity contribution < 1.29 is 32.3 Å². The molecular formula is C44H45F3N12O4. The minimum atomic E-state index is -0.722. The number of hydrogen-bond acceptors (Lipinski definition) is 13. The molecule has 5 aromatic rings. The quantitative estimate of drug-likeness (QED) is 0.0933. The summed E-state index contributed by atoms with van der Waals surface area (Å²) in [5, 5.41) is 12.5. The van der Waals surface area contributed by atoms with Crippen LogP contribution < -0.4 is 31.6 Å². The largest absolute Gasteiger partial charge is 0.354 e. The Labute approximate surface area is 360 Å². The molecule has 4 amide bonds. The Bertz CT molecular complexity index is 2460. The van der Waals surface area contributed by atoms with Gasteiger partial charge in [0, 0.05) is 74.8 Å². The van der Waals surface area contributed by atoms with Crippen molar-refractivity contribution in [3.05, 3.63) is 120 Å². The molecule has 8 rings (SSSR count). The maximum Gasteiger partial charge on any atom is 0.274 e. The number of imide groups is 1. The average Bonchev–Trinajstić information content (AvgIpc) is 3.29. The lowest BCUT2D eigenvalue weighted by molar-refractivity contribution is -0.134. The molecule has 3 aromatic heterocycles. The monoisotopic (exact) mass is 862 g/mol. The number of nitrogens with one attached hydrogen (secondary N) is 5. The molecule has 19 heteroatoms. The van der Waals surface area contributed by atoms with Crippen LogP contribution in [0.1, 0.15) is 64.4 Å². The Kier molecular flexibility index (Phi) is 13.1. The zero-order valence-corrected chi connectivity index (χ0v) is 34.1. The molecule has 0 spiro atoms. The van der Waals surface area contributed by atoms with Gasteiger partial charge in [-0.3, -0.25) is 34.8 Å². The fourth-order valence-electron chi connectivity index (χ4n) is 7.80. The summed E-state index contributed by atoms with van der Waals surface area (Å²) >= 11 is 0. The van der Waals surface area contributed by atoms with Gasteiger partial charge >= 0.3 is 0 Å². The van der Waals surface area contributed by atoms with Crippen molar-refractivity contribution in [2.45, 2.75) is 38.0 Å². The first-order valence-corrected chi connectivity index (χ1v) is 20.8. The number of aromatic nitrogens is 4. The van der Waals surface area contributed by atoms with E-state index in [4.69, 9.17) is 0 Å². The van der Waals surface area contributed by atoms with Gasteiger partial charge in [-0.05, 0) is 86.7 Å².